The van der Waals surface area contributed by atoms with E-state index in [0.29, 0.717) is 60.2 Å². The lowest BCUT2D eigenvalue weighted by Gasteiger charge is -2.44. The van der Waals surface area contributed by atoms with Gasteiger partial charge in [-0.2, -0.15) is 0 Å². The number of carbonyl (C=O) groups excluding carboxylic acids is 2. The summed E-state index contributed by atoms with van der Waals surface area (Å²) in [5.41, 5.74) is 2.87. The first-order chi connectivity index (χ1) is 13.8. The summed E-state index contributed by atoms with van der Waals surface area (Å²) < 4.78 is 6.33. The lowest BCUT2D eigenvalue weighted by molar-refractivity contribution is -0.00573. The Hall–Kier alpha value is -2.33. The van der Waals surface area contributed by atoms with Gasteiger partial charge < -0.3 is 9.64 Å². The molecule has 0 unspecified atom stereocenters. The van der Waals surface area contributed by atoms with Crippen LogP contribution in [0.1, 0.15) is 70.9 Å². The Morgan fingerprint density at radius 2 is 1.79 bits per heavy atom. The Kier molecular flexibility index (Phi) is 5.16. The van der Waals surface area contributed by atoms with Crippen LogP contribution in [-0.2, 0) is 0 Å². The van der Waals surface area contributed by atoms with Gasteiger partial charge in [-0.15, -0.1) is 0 Å². The second-order valence-electron chi connectivity index (χ2n) is 8.55. The summed E-state index contributed by atoms with van der Waals surface area (Å²) in [5.74, 6) is 1.17. The van der Waals surface area contributed by atoms with Crippen molar-refractivity contribution in [1.29, 1.82) is 0 Å². The number of piperidine rings is 1. The van der Waals surface area contributed by atoms with E-state index in [1.54, 1.807) is 6.07 Å². The highest BCUT2D eigenvalue weighted by Gasteiger charge is 2.44. The number of hydrogen-bond donors (Lipinski definition) is 0. The lowest BCUT2D eigenvalue weighted by Crippen LogP contribution is -2.52. The standard InChI is InChI=1S/C24H26ClNO3/c1-15(2)17-4-6-18(7-5-17)23(28)26-10-8-24(9-11-26)14-21(27)19-13-20(25)16(3)12-22(19)29-24/h4-7,12-13,15H,8-11,14H2,1-3H3. The second-order valence-corrected chi connectivity index (χ2v) is 8.96. The molecule has 4 rings (SSSR count). The van der Waals surface area contributed by atoms with Gasteiger partial charge in [0.1, 0.15) is 11.4 Å². The van der Waals surface area contributed by atoms with Crippen LogP contribution in [0.4, 0.5) is 0 Å². The third-order valence-corrected chi connectivity index (χ3v) is 6.56. The molecule has 0 N–H and O–H groups in total. The Morgan fingerprint density at radius 3 is 2.41 bits per heavy atom. The van der Waals surface area contributed by atoms with E-state index in [0.717, 1.165) is 5.56 Å². The molecule has 1 saturated heterocycles. The van der Waals surface area contributed by atoms with Crippen molar-refractivity contribution in [1.82, 2.24) is 4.90 Å². The highest BCUT2D eigenvalue weighted by atomic mass is 35.5. The van der Waals surface area contributed by atoms with Gasteiger partial charge in [0.05, 0.1) is 12.0 Å². The highest BCUT2D eigenvalue weighted by Crippen LogP contribution is 2.41. The van der Waals surface area contributed by atoms with E-state index in [2.05, 4.69) is 13.8 Å². The third kappa shape index (κ3) is 3.78. The molecular formula is C24H26ClNO3. The van der Waals surface area contributed by atoms with Crippen molar-refractivity contribution in [3.63, 3.8) is 0 Å². The molecule has 1 fully saturated rings. The average molecular weight is 412 g/mol. The number of aryl methyl sites for hydroxylation is 1. The number of carbonyl (C=O) groups is 2. The lowest BCUT2D eigenvalue weighted by atomic mass is 9.82. The SMILES string of the molecule is Cc1cc2c(cc1Cl)C(=O)CC1(CCN(C(=O)c3ccc(C(C)C)cc3)CC1)O2. The monoisotopic (exact) mass is 411 g/mol. The zero-order valence-corrected chi connectivity index (χ0v) is 17.9. The molecule has 0 saturated carbocycles. The molecule has 1 amide bonds. The van der Waals surface area contributed by atoms with Crippen LogP contribution in [0.2, 0.25) is 5.02 Å². The van der Waals surface area contributed by atoms with Crippen LogP contribution in [0, 0.1) is 6.92 Å². The number of Topliss-reactive ketones (excluding diaryl/α,β-unsaturated/α-hetero) is 1. The van der Waals surface area contributed by atoms with Gasteiger partial charge in [-0.1, -0.05) is 37.6 Å². The summed E-state index contributed by atoms with van der Waals surface area (Å²) in [4.78, 5) is 27.5. The van der Waals surface area contributed by atoms with E-state index >= 15 is 0 Å². The van der Waals surface area contributed by atoms with Crippen molar-refractivity contribution in [3.8, 4) is 5.75 Å². The van der Waals surface area contributed by atoms with Crippen LogP contribution in [0.3, 0.4) is 0 Å². The molecule has 152 valence electrons. The Bertz CT molecular complexity index is 957. The molecule has 2 heterocycles. The van der Waals surface area contributed by atoms with E-state index in [4.69, 9.17) is 16.3 Å². The van der Waals surface area contributed by atoms with Crippen molar-refractivity contribution in [2.24, 2.45) is 0 Å². The van der Waals surface area contributed by atoms with Crippen molar-refractivity contribution in [2.45, 2.75) is 51.6 Å². The van der Waals surface area contributed by atoms with Crippen LogP contribution >= 0.6 is 11.6 Å². The van der Waals surface area contributed by atoms with Gasteiger partial charge in [0.25, 0.3) is 5.91 Å². The Balaban J connectivity index is 1.47. The summed E-state index contributed by atoms with van der Waals surface area (Å²) in [5, 5.41) is 0.584. The van der Waals surface area contributed by atoms with Gasteiger partial charge in [-0.25, -0.2) is 0 Å². The predicted octanol–water partition coefficient (Wildman–Crippen LogP) is 5.41. The fourth-order valence-electron chi connectivity index (χ4n) is 4.20. The Morgan fingerprint density at radius 1 is 1.14 bits per heavy atom. The van der Waals surface area contributed by atoms with E-state index in [1.807, 2.05) is 42.2 Å². The molecule has 0 aliphatic carbocycles. The number of likely N-dealkylation sites (tertiary alicyclic amines) is 1. The molecule has 2 aromatic carbocycles. The van der Waals surface area contributed by atoms with Crippen LogP contribution < -0.4 is 4.74 Å². The van der Waals surface area contributed by atoms with Crippen molar-refractivity contribution in [2.75, 3.05) is 13.1 Å². The molecule has 0 bridgehead atoms. The minimum atomic E-state index is -0.525. The number of amides is 1. The van der Waals surface area contributed by atoms with Gasteiger partial charge in [0.2, 0.25) is 0 Å². The van der Waals surface area contributed by atoms with E-state index in [-0.39, 0.29) is 11.7 Å². The zero-order chi connectivity index (χ0) is 20.8. The molecule has 0 atom stereocenters. The molecule has 0 radical (unpaired) electrons. The second kappa shape index (κ2) is 7.49. The minimum absolute atomic E-state index is 0.0420. The first kappa shape index (κ1) is 20.0. The predicted molar refractivity (Wildman–Crippen MR) is 114 cm³/mol. The summed E-state index contributed by atoms with van der Waals surface area (Å²) in [6.07, 6.45) is 1.63. The number of nitrogens with zero attached hydrogens (tertiary/aromatic N) is 1. The van der Waals surface area contributed by atoms with Crippen molar-refractivity contribution in [3.05, 3.63) is 63.7 Å². The molecule has 1 spiro atoms. The number of halogens is 1. The fraction of sp³-hybridized carbons (Fsp3) is 0.417. The summed E-state index contributed by atoms with van der Waals surface area (Å²) in [7, 11) is 0. The number of benzene rings is 2. The van der Waals surface area contributed by atoms with Crippen LogP contribution in [0.5, 0.6) is 5.75 Å². The number of fused-ring (bicyclic) bond motifs is 1. The van der Waals surface area contributed by atoms with Crippen LogP contribution in [0.15, 0.2) is 36.4 Å². The van der Waals surface area contributed by atoms with Gasteiger partial charge in [0, 0.05) is 36.5 Å². The normalized spacial score (nSPS) is 18.0. The highest BCUT2D eigenvalue weighted by molar-refractivity contribution is 6.31. The minimum Gasteiger partial charge on any atom is -0.486 e. The van der Waals surface area contributed by atoms with E-state index < -0.39 is 5.60 Å². The van der Waals surface area contributed by atoms with E-state index in [9.17, 15) is 9.59 Å². The first-order valence-corrected chi connectivity index (χ1v) is 10.6. The van der Waals surface area contributed by atoms with Crippen LogP contribution in [-0.4, -0.2) is 35.3 Å². The van der Waals surface area contributed by atoms with Crippen molar-refractivity contribution >= 4 is 23.3 Å². The maximum absolute atomic E-state index is 12.9. The summed E-state index contributed by atoms with van der Waals surface area (Å²) in [6, 6.07) is 11.4. The smallest absolute Gasteiger partial charge is 0.253 e. The molecule has 4 nitrogen and oxygen atoms in total. The molecular weight excluding hydrogens is 386 g/mol. The maximum atomic E-state index is 12.9. The molecule has 5 heteroatoms. The summed E-state index contributed by atoms with van der Waals surface area (Å²) in [6.45, 7) is 7.35. The van der Waals surface area contributed by atoms with E-state index in [1.165, 1.54) is 5.56 Å². The molecule has 29 heavy (non-hydrogen) atoms. The zero-order valence-electron chi connectivity index (χ0n) is 17.1. The quantitative estimate of drug-likeness (QED) is 0.663. The maximum Gasteiger partial charge on any atom is 0.253 e. The first-order valence-electron chi connectivity index (χ1n) is 10.2. The van der Waals surface area contributed by atoms with Gasteiger partial charge in [-0.3, -0.25) is 9.59 Å². The summed E-state index contributed by atoms with van der Waals surface area (Å²) >= 11 is 6.18. The molecule has 2 aliphatic rings. The molecule has 0 aromatic heterocycles. The molecule has 2 aliphatic heterocycles. The number of ether oxygens (including phenoxy) is 1. The number of rotatable bonds is 2. The number of hydrogen-bond acceptors (Lipinski definition) is 3. The topological polar surface area (TPSA) is 46.6 Å². The Labute approximate surface area is 176 Å². The van der Waals surface area contributed by atoms with Gasteiger partial charge >= 0.3 is 0 Å². The average Bonchev–Trinajstić information content (AvgIpc) is 2.70. The van der Waals surface area contributed by atoms with Crippen molar-refractivity contribution < 1.29 is 14.3 Å². The van der Waals surface area contributed by atoms with Crippen LogP contribution in [0.25, 0.3) is 0 Å². The number of ketones is 1. The molecule has 2 aromatic rings. The van der Waals surface area contributed by atoms with Gasteiger partial charge in [-0.05, 0) is 48.2 Å². The van der Waals surface area contributed by atoms with Gasteiger partial charge in [0.15, 0.2) is 5.78 Å². The fourth-order valence-corrected chi connectivity index (χ4v) is 4.37. The largest absolute Gasteiger partial charge is 0.486 e. The third-order valence-electron chi connectivity index (χ3n) is 6.16.